The van der Waals surface area contributed by atoms with E-state index in [2.05, 4.69) is 4.98 Å². The molecule has 0 radical (unpaired) electrons. The predicted molar refractivity (Wildman–Crippen MR) is 38.4 cm³/mol. The molecule has 0 aliphatic rings. The fourth-order valence-corrected chi connectivity index (χ4v) is 0.651. The molecule has 1 rings (SSSR count). The van der Waals surface area contributed by atoms with Crippen LogP contribution in [0.25, 0.3) is 0 Å². The Balaban J connectivity index is 2.10. The third kappa shape index (κ3) is 2.83. The second-order valence-electron chi connectivity index (χ2n) is 2.02. The standard InChI is InChI=1S/C7H9N3O/c8-2-1-5-11-7-10-4-3-9-6-10/h3-4,6H,1,5,7H2. The molecule has 0 aromatic carbocycles. The van der Waals surface area contributed by atoms with Crippen molar-refractivity contribution in [3.05, 3.63) is 18.7 Å². The lowest BCUT2D eigenvalue weighted by molar-refractivity contribution is 0.0813. The first-order valence-corrected chi connectivity index (χ1v) is 3.34. The number of rotatable bonds is 4. The van der Waals surface area contributed by atoms with Crippen LogP contribution in [0, 0.1) is 11.3 Å². The Morgan fingerprint density at radius 3 is 3.18 bits per heavy atom. The number of hydrogen-bond acceptors (Lipinski definition) is 3. The van der Waals surface area contributed by atoms with Crippen LogP contribution < -0.4 is 0 Å². The summed E-state index contributed by atoms with van der Waals surface area (Å²) >= 11 is 0. The van der Waals surface area contributed by atoms with Gasteiger partial charge in [0.25, 0.3) is 0 Å². The lowest BCUT2D eigenvalue weighted by Crippen LogP contribution is -2.00. The van der Waals surface area contributed by atoms with Crippen molar-refractivity contribution in [3.8, 4) is 6.07 Å². The Labute approximate surface area is 65.0 Å². The maximum Gasteiger partial charge on any atom is 0.123 e. The summed E-state index contributed by atoms with van der Waals surface area (Å²) in [6.45, 7) is 0.955. The minimum Gasteiger partial charge on any atom is -0.360 e. The van der Waals surface area contributed by atoms with Gasteiger partial charge < -0.3 is 9.30 Å². The van der Waals surface area contributed by atoms with E-state index in [0.29, 0.717) is 19.8 Å². The minimum atomic E-state index is 0.439. The minimum absolute atomic E-state index is 0.439. The predicted octanol–water partition coefficient (Wildman–Crippen LogP) is 0.771. The third-order valence-corrected chi connectivity index (χ3v) is 1.16. The van der Waals surface area contributed by atoms with Gasteiger partial charge in [0.2, 0.25) is 0 Å². The Morgan fingerprint density at radius 1 is 1.64 bits per heavy atom. The van der Waals surface area contributed by atoms with Crippen LogP contribution in [0.4, 0.5) is 0 Å². The lowest BCUT2D eigenvalue weighted by atomic mass is 10.5. The van der Waals surface area contributed by atoms with E-state index in [9.17, 15) is 0 Å². The fraction of sp³-hybridized carbons (Fsp3) is 0.429. The second kappa shape index (κ2) is 4.47. The second-order valence-corrected chi connectivity index (χ2v) is 2.02. The fourth-order valence-electron chi connectivity index (χ4n) is 0.651. The molecule has 0 N–H and O–H groups in total. The van der Waals surface area contributed by atoms with Crippen molar-refractivity contribution in [2.24, 2.45) is 0 Å². The maximum absolute atomic E-state index is 8.17. The molecule has 1 aromatic heterocycles. The molecule has 4 heteroatoms. The monoisotopic (exact) mass is 151 g/mol. The number of hydrogen-bond donors (Lipinski definition) is 0. The molecular formula is C7H9N3O. The van der Waals surface area contributed by atoms with Gasteiger partial charge in [-0.05, 0) is 0 Å². The third-order valence-electron chi connectivity index (χ3n) is 1.16. The summed E-state index contributed by atoms with van der Waals surface area (Å²) in [6.07, 6.45) is 5.61. The van der Waals surface area contributed by atoms with Gasteiger partial charge >= 0.3 is 0 Å². The Kier molecular flexibility index (Phi) is 3.16. The number of nitriles is 1. The molecule has 4 nitrogen and oxygen atoms in total. The van der Waals surface area contributed by atoms with Gasteiger partial charge in [-0.3, -0.25) is 0 Å². The van der Waals surface area contributed by atoms with E-state index in [1.807, 2.05) is 12.3 Å². The molecule has 1 aromatic rings. The van der Waals surface area contributed by atoms with Crippen LogP contribution in [-0.2, 0) is 11.5 Å². The molecule has 1 heterocycles. The van der Waals surface area contributed by atoms with Gasteiger partial charge in [0.1, 0.15) is 6.73 Å². The number of aromatic nitrogens is 2. The first kappa shape index (κ1) is 7.76. The quantitative estimate of drug-likeness (QED) is 0.597. The van der Waals surface area contributed by atoms with Crippen LogP contribution in [0.3, 0.4) is 0 Å². The van der Waals surface area contributed by atoms with Gasteiger partial charge in [-0.15, -0.1) is 0 Å². The highest BCUT2D eigenvalue weighted by Crippen LogP contribution is 1.88. The molecule has 0 unspecified atom stereocenters. The highest BCUT2D eigenvalue weighted by atomic mass is 16.5. The molecule has 0 aliphatic heterocycles. The summed E-state index contributed by atoms with van der Waals surface area (Å²) in [4.78, 5) is 3.84. The van der Waals surface area contributed by atoms with Crippen LogP contribution >= 0.6 is 0 Å². The zero-order valence-corrected chi connectivity index (χ0v) is 6.10. The van der Waals surface area contributed by atoms with E-state index >= 15 is 0 Å². The lowest BCUT2D eigenvalue weighted by Gasteiger charge is -2.00. The van der Waals surface area contributed by atoms with Crippen LogP contribution in [0.5, 0.6) is 0 Å². The summed E-state index contributed by atoms with van der Waals surface area (Å²) in [5.41, 5.74) is 0. The van der Waals surface area contributed by atoms with Gasteiger partial charge in [-0.25, -0.2) is 4.98 Å². The molecule has 0 amide bonds. The van der Waals surface area contributed by atoms with Gasteiger partial charge in [-0.1, -0.05) is 0 Å². The topological polar surface area (TPSA) is 50.8 Å². The van der Waals surface area contributed by atoms with Gasteiger partial charge in [0, 0.05) is 12.4 Å². The van der Waals surface area contributed by atoms with Crippen LogP contribution in [0.15, 0.2) is 18.7 Å². The number of ether oxygens (including phenoxy) is 1. The zero-order valence-electron chi connectivity index (χ0n) is 6.10. The first-order valence-electron chi connectivity index (χ1n) is 3.34. The van der Waals surface area contributed by atoms with Crippen molar-refractivity contribution >= 4 is 0 Å². The maximum atomic E-state index is 8.17. The molecule has 11 heavy (non-hydrogen) atoms. The van der Waals surface area contributed by atoms with Crippen LogP contribution in [0.2, 0.25) is 0 Å². The molecule has 0 aliphatic carbocycles. The molecule has 0 saturated heterocycles. The Bertz CT molecular complexity index is 224. The largest absolute Gasteiger partial charge is 0.360 e. The van der Waals surface area contributed by atoms with Gasteiger partial charge in [0.05, 0.1) is 25.4 Å². The van der Waals surface area contributed by atoms with E-state index in [-0.39, 0.29) is 0 Å². The molecule has 0 bridgehead atoms. The van der Waals surface area contributed by atoms with Crippen molar-refractivity contribution in [2.45, 2.75) is 13.2 Å². The van der Waals surface area contributed by atoms with E-state index in [1.165, 1.54) is 0 Å². The highest BCUT2D eigenvalue weighted by Gasteiger charge is 1.88. The van der Waals surface area contributed by atoms with Crippen molar-refractivity contribution in [3.63, 3.8) is 0 Å². The van der Waals surface area contributed by atoms with Gasteiger partial charge in [0.15, 0.2) is 0 Å². The van der Waals surface area contributed by atoms with Crippen molar-refractivity contribution in [2.75, 3.05) is 6.61 Å². The smallest absolute Gasteiger partial charge is 0.123 e. The van der Waals surface area contributed by atoms with E-state index < -0.39 is 0 Å². The van der Waals surface area contributed by atoms with Crippen molar-refractivity contribution in [1.29, 1.82) is 5.26 Å². The Hall–Kier alpha value is -1.34. The molecule has 58 valence electrons. The Morgan fingerprint density at radius 2 is 2.55 bits per heavy atom. The van der Waals surface area contributed by atoms with E-state index in [4.69, 9.17) is 10.00 Å². The zero-order chi connectivity index (χ0) is 7.94. The average Bonchev–Trinajstić information content (AvgIpc) is 2.50. The summed E-state index contributed by atoms with van der Waals surface area (Å²) in [6, 6.07) is 2.00. The molecule has 0 spiro atoms. The van der Waals surface area contributed by atoms with E-state index in [1.54, 1.807) is 17.1 Å². The molecule has 0 atom stereocenters. The van der Waals surface area contributed by atoms with E-state index in [0.717, 1.165) is 0 Å². The molecule has 0 fully saturated rings. The van der Waals surface area contributed by atoms with Crippen molar-refractivity contribution < 1.29 is 4.74 Å². The summed E-state index contributed by atoms with van der Waals surface area (Å²) in [7, 11) is 0. The molecular weight excluding hydrogens is 142 g/mol. The van der Waals surface area contributed by atoms with Crippen LogP contribution in [-0.4, -0.2) is 16.2 Å². The number of nitrogens with zero attached hydrogens (tertiary/aromatic N) is 3. The average molecular weight is 151 g/mol. The summed E-state index contributed by atoms with van der Waals surface area (Å²) < 4.78 is 6.92. The van der Waals surface area contributed by atoms with Crippen molar-refractivity contribution in [1.82, 2.24) is 9.55 Å². The summed E-state index contributed by atoms with van der Waals surface area (Å²) in [5.74, 6) is 0. The SMILES string of the molecule is N#CCCOCn1ccnc1. The first-order chi connectivity index (χ1) is 5.43. The normalized spacial score (nSPS) is 9.36. The van der Waals surface area contributed by atoms with Crippen LogP contribution in [0.1, 0.15) is 6.42 Å². The van der Waals surface area contributed by atoms with Gasteiger partial charge in [-0.2, -0.15) is 5.26 Å². The number of imidazole rings is 1. The highest BCUT2D eigenvalue weighted by molar-refractivity contribution is 4.72. The molecule has 0 saturated carbocycles. The summed E-state index contributed by atoms with van der Waals surface area (Å²) in [5, 5.41) is 8.17.